The monoisotopic (exact) mass is 219 g/mol. The minimum absolute atomic E-state index is 0.0822. The van der Waals surface area contributed by atoms with Crippen LogP contribution >= 0.6 is 22.9 Å². The third-order valence-corrected chi connectivity index (χ3v) is 4.07. The van der Waals surface area contributed by atoms with Crippen LogP contribution in [0.2, 0.25) is 5.02 Å². The molecule has 3 N–H and O–H groups in total. The molecule has 0 saturated heterocycles. The van der Waals surface area contributed by atoms with Gasteiger partial charge in [0.05, 0.1) is 5.02 Å². The number of nitrogens with two attached hydrogens (primary N) is 1. The van der Waals surface area contributed by atoms with Gasteiger partial charge in [-0.05, 0) is 25.8 Å². The van der Waals surface area contributed by atoms with E-state index < -0.39 is 0 Å². The van der Waals surface area contributed by atoms with Crippen LogP contribution < -0.4 is 5.73 Å². The number of halogens is 1. The van der Waals surface area contributed by atoms with Crippen LogP contribution in [0.15, 0.2) is 0 Å². The largest absolute Gasteiger partial charge is 0.396 e. The Bertz CT molecular complexity index is 298. The van der Waals surface area contributed by atoms with Gasteiger partial charge in [0.25, 0.3) is 0 Å². The lowest BCUT2D eigenvalue weighted by molar-refractivity contribution is 0.277. The van der Waals surface area contributed by atoms with Crippen LogP contribution in [0.1, 0.15) is 27.8 Å². The molecular formula is C9H14ClNOS. The minimum Gasteiger partial charge on any atom is -0.396 e. The zero-order valence-electron chi connectivity index (χ0n) is 7.80. The van der Waals surface area contributed by atoms with Gasteiger partial charge in [0, 0.05) is 22.4 Å². The van der Waals surface area contributed by atoms with Crippen LogP contribution in [0.5, 0.6) is 0 Å². The van der Waals surface area contributed by atoms with Crippen molar-refractivity contribution in [2.75, 3.05) is 6.61 Å². The molecule has 1 aromatic rings. The SMILES string of the molecule is Cc1sc(C(N)CCO)c(C)c1Cl. The van der Waals surface area contributed by atoms with E-state index in [1.54, 1.807) is 11.3 Å². The molecule has 1 unspecified atom stereocenters. The summed E-state index contributed by atoms with van der Waals surface area (Å²) in [4.78, 5) is 2.19. The number of aliphatic hydroxyl groups is 1. The molecule has 0 spiro atoms. The number of aliphatic hydroxyl groups excluding tert-OH is 1. The molecule has 0 amide bonds. The summed E-state index contributed by atoms with van der Waals surface area (Å²) in [7, 11) is 0. The molecule has 0 bridgehead atoms. The van der Waals surface area contributed by atoms with E-state index in [0.29, 0.717) is 6.42 Å². The summed E-state index contributed by atoms with van der Waals surface area (Å²) < 4.78 is 0. The van der Waals surface area contributed by atoms with Gasteiger partial charge in [0.15, 0.2) is 0 Å². The van der Waals surface area contributed by atoms with E-state index in [9.17, 15) is 0 Å². The Labute approximate surface area is 87.3 Å². The van der Waals surface area contributed by atoms with E-state index in [4.69, 9.17) is 22.4 Å². The zero-order valence-corrected chi connectivity index (χ0v) is 9.37. The first-order chi connectivity index (χ1) is 6.07. The van der Waals surface area contributed by atoms with Gasteiger partial charge in [-0.1, -0.05) is 11.6 Å². The van der Waals surface area contributed by atoms with Crippen molar-refractivity contribution in [3.05, 3.63) is 20.3 Å². The van der Waals surface area contributed by atoms with Crippen molar-refractivity contribution in [1.82, 2.24) is 0 Å². The number of hydrogen-bond acceptors (Lipinski definition) is 3. The third-order valence-electron chi connectivity index (χ3n) is 2.05. The van der Waals surface area contributed by atoms with Crippen molar-refractivity contribution in [3.8, 4) is 0 Å². The average molecular weight is 220 g/mol. The second-order valence-electron chi connectivity index (χ2n) is 3.08. The first-order valence-corrected chi connectivity index (χ1v) is 5.39. The van der Waals surface area contributed by atoms with Gasteiger partial charge >= 0.3 is 0 Å². The topological polar surface area (TPSA) is 46.2 Å². The van der Waals surface area contributed by atoms with Crippen LogP contribution in [0.4, 0.5) is 0 Å². The standard InChI is InChI=1S/C9H14ClNOS/c1-5-8(10)6(2)13-9(5)7(11)3-4-12/h7,12H,3-4,11H2,1-2H3. The predicted octanol–water partition coefficient (Wildman–Crippen LogP) is 2.40. The van der Waals surface area contributed by atoms with Crippen LogP contribution in [0.3, 0.4) is 0 Å². The summed E-state index contributed by atoms with van der Waals surface area (Å²) >= 11 is 7.66. The molecule has 0 aliphatic heterocycles. The molecule has 13 heavy (non-hydrogen) atoms. The smallest absolute Gasteiger partial charge is 0.0574 e. The molecule has 1 heterocycles. The van der Waals surface area contributed by atoms with E-state index in [-0.39, 0.29) is 12.6 Å². The van der Waals surface area contributed by atoms with Crippen LogP contribution in [-0.4, -0.2) is 11.7 Å². The van der Waals surface area contributed by atoms with Crippen LogP contribution in [0.25, 0.3) is 0 Å². The van der Waals surface area contributed by atoms with Crippen molar-refractivity contribution in [2.24, 2.45) is 5.73 Å². The second-order valence-corrected chi connectivity index (χ2v) is 4.71. The Kier molecular flexibility index (Phi) is 3.74. The average Bonchev–Trinajstić information content (AvgIpc) is 2.33. The molecule has 0 fully saturated rings. The first-order valence-electron chi connectivity index (χ1n) is 4.19. The molecular weight excluding hydrogens is 206 g/mol. The van der Waals surface area contributed by atoms with E-state index >= 15 is 0 Å². The third kappa shape index (κ3) is 2.23. The van der Waals surface area contributed by atoms with Crippen molar-refractivity contribution in [2.45, 2.75) is 26.3 Å². The fourth-order valence-corrected chi connectivity index (χ4v) is 2.65. The fraction of sp³-hybridized carbons (Fsp3) is 0.556. The summed E-state index contributed by atoms with van der Waals surface area (Å²) in [5.74, 6) is 0. The molecule has 0 radical (unpaired) electrons. The highest BCUT2D eigenvalue weighted by atomic mass is 35.5. The number of aryl methyl sites for hydroxylation is 1. The quantitative estimate of drug-likeness (QED) is 0.820. The lowest BCUT2D eigenvalue weighted by Gasteiger charge is -2.08. The van der Waals surface area contributed by atoms with Gasteiger partial charge < -0.3 is 10.8 Å². The van der Waals surface area contributed by atoms with Gasteiger partial charge in [0.2, 0.25) is 0 Å². The molecule has 0 saturated carbocycles. The Hall–Kier alpha value is -0.0900. The molecule has 0 aromatic carbocycles. The summed E-state index contributed by atoms with van der Waals surface area (Å²) in [5.41, 5.74) is 6.94. The van der Waals surface area contributed by atoms with E-state index in [1.807, 2.05) is 13.8 Å². The minimum atomic E-state index is -0.0822. The van der Waals surface area contributed by atoms with Crippen molar-refractivity contribution < 1.29 is 5.11 Å². The van der Waals surface area contributed by atoms with Gasteiger partial charge in [-0.2, -0.15) is 0 Å². The van der Waals surface area contributed by atoms with Crippen LogP contribution in [0, 0.1) is 13.8 Å². The van der Waals surface area contributed by atoms with E-state index in [0.717, 1.165) is 20.3 Å². The van der Waals surface area contributed by atoms with E-state index in [2.05, 4.69) is 0 Å². The summed E-state index contributed by atoms with van der Waals surface area (Å²) in [6.07, 6.45) is 0.594. The molecule has 0 aliphatic carbocycles. The summed E-state index contributed by atoms with van der Waals surface area (Å²) in [5, 5.41) is 9.57. The highest BCUT2D eigenvalue weighted by molar-refractivity contribution is 7.12. The zero-order chi connectivity index (χ0) is 10.0. The molecule has 1 rings (SSSR count). The Balaban J connectivity index is 2.94. The molecule has 1 atom stereocenters. The Morgan fingerprint density at radius 3 is 2.54 bits per heavy atom. The molecule has 2 nitrogen and oxygen atoms in total. The van der Waals surface area contributed by atoms with Gasteiger partial charge in [0.1, 0.15) is 0 Å². The van der Waals surface area contributed by atoms with Crippen molar-refractivity contribution in [1.29, 1.82) is 0 Å². The maximum absolute atomic E-state index is 8.76. The second kappa shape index (κ2) is 4.42. The van der Waals surface area contributed by atoms with Gasteiger partial charge in [-0.3, -0.25) is 0 Å². The summed E-state index contributed by atoms with van der Waals surface area (Å²) in [6.45, 7) is 4.07. The highest BCUT2D eigenvalue weighted by Gasteiger charge is 2.15. The number of thiophene rings is 1. The molecule has 0 aliphatic rings. The van der Waals surface area contributed by atoms with Gasteiger partial charge in [-0.25, -0.2) is 0 Å². The summed E-state index contributed by atoms with van der Waals surface area (Å²) in [6, 6.07) is -0.0822. The normalized spacial score (nSPS) is 13.3. The molecule has 74 valence electrons. The molecule has 1 aromatic heterocycles. The lowest BCUT2D eigenvalue weighted by atomic mass is 10.1. The lowest BCUT2D eigenvalue weighted by Crippen LogP contribution is -2.11. The number of hydrogen-bond donors (Lipinski definition) is 2. The number of rotatable bonds is 3. The molecule has 4 heteroatoms. The predicted molar refractivity (Wildman–Crippen MR) is 57.4 cm³/mol. The highest BCUT2D eigenvalue weighted by Crippen LogP contribution is 2.35. The Morgan fingerprint density at radius 2 is 2.15 bits per heavy atom. The Morgan fingerprint density at radius 1 is 1.54 bits per heavy atom. The van der Waals surface area contributed by atoms with E-state index in [1.165, 1.54) is 0 Å². The van der Waals surface area contributed by atoms with Gasteiger partial charge in [-0.15, -0.1) is 11.3 Å². The first kappa shape index (κ1) is 11.0. The van der Waals surface area contributed by atoms with Crippen LogP contribution in [-0.2, 0) is 0 Å². The fourth-order valence-electron chi connectivity index (χ4n) is 1.28. The van der Waals surface area contributed by atoms with Crippen molar-refractivity contribution >= 4 is 22.9 Å². The maximum atomic E-state index is 8.76. The van der Waals surface area contributed by atoms with Crippen molar-refractivity contribution in [3.63, 3.8) is 0 Å². The maximum Gasteiger partial charge on any atom is 0.0574 e.